The Hall–Kier alpha value is -1.70. The first kappa shape index (κ1) is 21.0. The van der Waals surface area contributed by atoms with Gasteiger partial charge in [-0.25, -0.2) is 8.42 Å². The van der Waals surface area contributed by atoms with Gasteiger partial charge in [0.05, 0.1) is 32.6 Å². The van der Waals surface area contributed by atoms with Gasteiger partial charge in [0, 0.05) is 12.0 Å². The number of aryl methyl sites for hydroxylation is 1. The van der Waals surface area contributed by atoms with Gasteiger partial charge < -0.3 is 4.18 Å². The Kier molecular flexibility index (Phi) is 6.58. The van der Waals surface area contributed by atoms with Crippen LogP contribution in [0.15, 0.2) is 70.5 Å². The van der Waals surface area contributed by atoms with Crippen molar-refractivity contribution in [3.8, 4) is 11.1 Å². The second-order valence-electron chi connectivity index (χ2n) is 6.01. The summed E-state index contributed by atoms with van der Waals surface area (Å²) < 4.78 is 33.6. The van der Waals surface area contributed by atoms with Crippen LogP contribution in [-0.2, 0) is 14.2 Å². The molecule has 0 heterocycles. The van der Waals surface area contributed by atoms with Crippen molar-refractivity contribution < 1.29 is 12.6 Å². The van der Waals surface area contributed by atoms with Crippen molar-refractivity contribution >= 4 is 51.0 Å². The molecule has 146 valence electrons. The summed E-state index contributed by atoms with van der Waals surface area (Å²) in [4.78, 5) is 0.830. The van der Waals surface area contributed by atoms with E-state index in [9.17, 15) is 8.42 Å². The Morgan fingerprint density at radius 1 is 0.929 bits per heavy atom. The molecule has 1 N–H and O–H groups in total. The lowest BCUT2D eigenvalue weighted by atomic mass is 10.1. The van der Waals surface area contributed by atoms with Gasteiger partial charge in [-0.05, 0) is 60.0 Å². The fraction of sp³-hybridized carbons (Fsp3) is 0.100. The molecule has 4 nitrogen and oxygen atoms in total. The predicted octanol–water partition coefficient (Wildman–Crippen LogP) is 6.42. The van der Waals surface area contributed by atoms with Crippen LogP contribution in [0.25, 0.3) is 11.1 Å². The fourth-order valence-corrected chi connectivity index (χ4v) is 4.71. The highest BCUT2D eigenvalue weighted by atomic mass is 35.5. The Morgan fingerprint density at radius 2 is 1.68 bits per heavy atom. The lowest BCUT2D eigenvalue weighted by molar-refractivity contribution is 0.490. The molecule has 0 aliphatic heterocycles. The normalized spacial score (nSPS) is 11.4. The van der Waals surface area contributed by atoms with Gasteiger partial charge in [-0.2, -0.15) is 0 Å². The summed E-state index contributed by atoms with van der Waals surface area (Å²) in [6.07, 6.45) is 0. The van der Waals surface area contributed by atoms with Crippen LogP contribution in [0.3, 0.4) is 0 Å². The molecule has 0 atom stereocenters. The molecule has 3 aromatic carbocycles. The number of nitrogens with one attached hydrogen (secondary N) is 1. The van der Waals surface area contributed by atoms with Crippen LogP contribution in [0.5, 0.6) is 0 Å². The van der Waals surface area contributed by atoms with Crippen molar-refractivity contribution in [1.29, 1.82) is 0 Å². The van der Waals surface area contributed by atoms with E-state index in [1.807, 2.05) is 25.1 Å². The van der Waals surface area contributed by atoms with Crippen LogP contribution < -0.4 is 4.72 Å². The van der Waals surface area contributed by atoms with Gasteiger partial charge in [0.2, 0.25) is 0 Å². The maximum atomic E-state index is 12.9. The number of benzene rings is 3. The summed E-state index contributed by atoms with van der Waals surface area (Å²) >= 11 is 13.1. The van der Waals surface area contributed by atoms with Gasteiger partial charge in [-0.1, -0.05) is 47.5 Å². The monoisotopic (exact) mass is 453 g/mol. The molecule has 3 aromatic rings. The van der Waals surface area contributed by atoms with E-state index in [0.717, 1.165) is 28.7 Å². The standard InChI is InChI=1S/C20H17Cl2NO3S2/c1-13-6-9-19(20(10-13)27-26-2)23-28(24,25)16-5-3-4-14(11-16)15-7-8-17(21)18(22)12-15/h3-12,23H,1-2H3. The maximum absolute atomic E-state index is 12.9. The van der Waals surface area contributed by atoms with Crippen LogP contribution in [0, 0.1) is 6.92 Å². The van der Waals surface area contributed by atoms with Gasteiger partial charge in [-0.15, -0.1) is 0 Å². The average molecular weight is 454 g/mol. The fourth-order valence-electron chi connectivity index (χ4n) is 2.59. The molecule has 0 aliphatic rings. The Balaban J connectivity index is 1.96. The van der Waals surface area contributed by atoms with Crippen molar-refractivity contribution in [2.24, 2.45) is 0 Å². The molecule has 0 saturated carbocycles. The zero-order chi connectivity index (χ0) is 20.3. The van der Waals surface area contributed by atoms with Gasteiger partial charge in [0.1, 0.15) is 0 Å². The zero-order valence-electron chi connectivity index (χ0n) is 15.1. The van der Waals surface area contributed by atoms with E-state index in [-0.39, 0.29) is 4.90 Å². The van der Waals surface area contributed by atoms with Crippen molar-refractivity contribution in [3.05, 3.63) is 76.3 Å². The molecule has 0 aromatic heterocycles. The van der Waals surface area contributed by atoms with Crippen molar-refractivity contribution in [3.63, 3.8) is 0 Å². The number of hydrogen-bond acceptors (Lipinski definition) is 4. The van der Waals surface area contributed by atoms with Crippen molar-refractivity contribution in [2.75, 3.05) is 11.8 Å². The highest BCUT2D eigenvalue weighted by molar-refractivity contribution is 7.95. The van der Waals surface area contributed by atoms with Gasteiger partial charge >= 0.3 is 0 Å². The number of halogens is 2. The summed E-state index contributed by atoms with van der Waals surface area (Å²) in [5, 5.41) is 0.852. The van der Waals surface area contributed by atoms with Crippen LogP contribution in [0.2, 0.25) is 10.0 Å². The summed E-state index contributed by atoms with van der Waals surface area (Å²) in [5.74, 6) is 0. The molecule has 28 heavy (non-hydrogen) atoms. The first-order valence-electron chi connectivity index (χ1n) is 8.20. The van der Waals surface area contributed by atoms with Gasteiger partial charge in [-0.3, -0.25) is 4.72 Å². The van der Waals surface area contributed by atoms with E-state index in [1.54, 1.807) is 42.5 Å². The van der Waals surface area contributed by atoms with Crippen LogP contribution >= 0.6 is 35.2 Å². The van der Waals surface area contributed by atoms with E-state index >= 15 is 0 Å². The average Bonchev–Trinajstić information content (AvgIpc) is 2.66. The minimum atomic E-state index is -3.79. The van der Waals surface area contributed by atoms with Gasteiger partial charge in [0.25, 0.3) is 10.0 Å². The number of anilines is 1. The zero-order valence-corrected chi connectivity index (χ0v) is 18.2. The summed E-state index contributed by atoms with van der Waals surface area (Å²) in [7, 11) is -2.26. The predicted molar refractivity (Wildman–Crippen MR) is 117 cm³/mol. The highest BCUT2D eigenvalue weighted by Crippen LogP contribution is 2.32. The van der Waals surface area contributed by atoms with Crippen LogP contribution in [-0.4, -0.2) is 15.5 Å². The van der Waals surface area contributed by atoms with E-state index in [4.69, 9.17) is 27.4 Å². The number of hydrogen-bond donors (Lipinski definition) is 1. The maximum Gasteiger partial charge on any atom is 0.261 e. The Labute approximate surface area is 179 Å². The molecular weight excluding hydrogens is 437 g/mol. The third kappa shape index (κ3) is 4.82. The lowest BCUT2D eigenvalue weighted by Crippen LogP contribution is -2.13. The summed E-state index contributed by atoms with van der Waals surface area (Å²) in [6, 6.07) is 17.2. The second-order valence-corrected chi connectivity index (χ2v) is 9.45. The molecular formula is C20H17Cl2NO3S2. The molecule has 8 heteroatoms. The van der Waals surface area contributed by atoms with Crippen molar-refractivity contribution in [1.82, 2.24) is 0 Å². The Bertz CT molecular complexity index is 1120. The largest absolute Gasteiger partial charge is 0.314 e. The van der Waals surface area contributed by atoms with Crippen molar-refractivity contribution in [2.45, 2.75) is 16.7 Å². The molecule has 0 unspecified atom stereocenters. The molecule has 0 amide bonds. The highest BCUT2D eigenvalue weighted by Gasteiger charge is 2.17. The summed E-state index contributed by atoms with van der Waals surface area (Å²) in [5.41, 5.74) is 2.95. The molecule has 3 rings (SSSR count). The SMILES string of the molecule is COSc1cc(C)ccc1NS(=O)(=O)c1cccc(-c2ccc(Cl)c(Cl)c2)c1. The molecule has 0 saturated heterocycles. The lowest BCUT2D eigenvalue weighted by Gasteiger charge is -2.13. The van der Waals surface area contributed by atoms with Gasteiger partial charge in [0.15, 0.2) is 0 Å². The molecule has 0 aliphatic carbocycles. The quantitative estimate of drug-likeness (QED) is 0.437. The smallest absolute Gasteiger partial charge is 0.261 e. The topological polar surface area (TPSA) is 55.4 Å². The van der Waals surface area contributed by atoms with E-state index in [1.165, 1.54) is 7.11 Å². The molecule has 0 spiro atoms. The second kappa shape index (κ2) is 8.76. The van der Waals surface area contributed by atoms with Crippen LogP contribution in [0.1, 0.15) is 5.56 Å². The molecule has 0 bridgehead atoms. The first-order valence-corrected chi connectivity index (χ1v) is 11.2. The minimum Gasteiger partial charge on any atom is -0.314 e. The van der Waals surface area contributed by atoms with E-state index in [0.29, 0.717) is 20.6 Å². The van der Waals surface area contributed by atoms with E-state index < -0.39 is 10.0 Å². The Morgan fingerprint density at radius 3 is 2.39 bits per heavy atom. The van der Waals surface area contributed by atoms with E-state index in [2.05, 4.69) is 4.72 Å². The minimum absolute atomic E-state index is 0.144. The third-order valence-electron chi connectivity index (χ3n) is 3.95. The molecule has 0 fully saturated rings. The summed E-state index contributed by atoms with van der Waals surface area (Å²) in [6.45, 7) is 1.93. The first-order chi connectivity index (χ1) is 13.3. The molecule has 0 radical (unpaired) electrons. The third-order valence-corrected chi connectivity index (χ3v) is 6.74. The number of rotatable bonds is 6. The van der Waals surface area contributed by atoms with Crippen LogP contribution in [0.4, 0.5) is 5.69 Å². The number of sulfonamides is 1.